The van der Waals surface area contributed by atoms with Crippen molar-refractivity contribution in [3.05, 3.63) is 35.4 Å². The van der Waals surface area contributed by atoms with Gasteiger partial charge in [0.25, 0.3) is 0 Å². The Balaban J connectivity index is 2.94. The summed E-state index contributed by atoms with van der Waals surface area (Å²) in [6.45, 7) is 10.4. The number of hydrogen-bond donors (Lipinski definition) is 1. The van der Waals surface area contributed by atoms with Crippen LogP contribution in [-0.4, -0.2) is 11.2 Å². The standard InChI is InChI=1S/C14H22O/c1-10-6-8-13(9-7-10)11(2)14(4,5)12(3)15/h6-9,11-12,15H,1-5H3. The van der Waals surface area contributed by atoms with Crippen LogP contribution in [0.5, 0.6) is 0 Å². The van der Waals surface area contributed by atoms with Crippen LogP contribution in [-0.2, 0) is 0 Å². The van der Waals surface area contributed by atoms with Crippen molar-refractivity contribution in [2.75, 3.05) is 0 Å². The third-order valence-corrected chi connectivity index (χ3v) is 3.77. The number of hydrogen-bond acceptors (Lipinski definition) is 1. The second kappa shape index (κ2) is 4.36. The second-order valence-corrected chi connectivity index (χ2v) is 5.13. The number of benzene rings is 1. The summed E-state index contributed by atoms with van der Waals surface area (Å²) in [5.41, 5.74) is 2.49. The lowest BCUT2D eigenvalue weighted by Gasteiger charge is -2.35. The van der Waals surface area contributed by atoms with Gasteiger partial charge in [-0.2, -0.15) is 0 Å². The van der Waals surface area contributed by atoms with Gasteiger partial charge in [-0.15, -0.1) is 0 Å². The van der Waals surface area contributed by atoms with E-state index in [1.54, 1.807) is 0 Å². The molecular formula is C14H22O. The summed E-state index contributed by atoms with van der Waals surface area (Å²) in [4.78, 5) is 0. The monoisotopic (exact) mass is 206 g/mol. The first-order valence-corrected chi connectivity index (χ1v) is 5.60. The summed E-state index contributed by atoms with van der Waals surface area (Å²) in [7, 11) is 0. The third kappa shape index (κ3) is 2.60. The first-order valence-electron chi connectivity index (χ1n) is 5.60. The van der Waals surface area contributed by atoms with Crippen molar-refractivity contribution in [2.24, 2.45) is 5.41 Å². The van der Waals surface area contributed by atoms with Gasteiger partial charge >= 0.3 is 0 Å². The lowest BCUT2D eigenvalue weighted by Crippen LogP contribution is -2.31. The van der Waals surface area contributed by atoms with E-state index in [9.17, 15) is 5.11 Å². The molecule has 1 aromatic carbocycles. The van der Waals surface area contributed by atoms with Crippen molar-refractivity contribution >= 4 is 0 Å². The van der Waals surface area contributed by atoms with Crippen molar-refractivity contribution in [3.63, 3.8) is 0 Å². The smallest absolute Gasteiger partial charge is 0.0568 e. The zero-order valence-corrected chi connectivity index (χ0v) is 10.4. The maximum Gasteiger partial charge on any atom is 0.0568 e. The van der Waals surface area contributed by atoms with Crippen LogP contribution in [0.25, 0.3) is 0 Å². The topological polar surface area (TPSA) is 20.2 Å². The summed E-state index contributed by atoms with van der Waals surface area (Å²) in [5, 5.41) is 9.77. The Bertz CT molecular complexity index is 309. The van der Waals surface area contributed by atoms with Crippen molar-refractivity contribution in [3.8, 4) is 0 Å². The SMILES string of the molecule is Cc1ccc(C(C)C(C)(C)C(C)O)cc1. The number of aliphatic hydroxyl groups is 1. The molecular weight excluding hydrogens is 184 g/mol. The molecule has 0 saturated heterocycles. The molecule has 1 heteroatoms. The molecule has 0 spiro atoms. The Kier molecular flexibility index (Phi) is 3.56. The molecule has 0 fully saturated rings. The van der Waals surface area contributed by atoms with E-state index in [0.717, 1.165) is 0 Å². The van der Waals surface area contributed by atoms with Crippen molar-refractivity contribution in [2.45, 2.75) is 46.6 Å². The Morgan fingerprint density at radius 3 is 1.93 bits per heavy atom. The van der Waals surface area contributed by atoms with Crippen molar-refractivity contribution in [1.29, 1.82) is 0 Å². The molecule has 0 aliphatic rings. The van der Waals surface area contributed by atoms with Crippen LogP contribution in [0.15, 0.2) is 24.3 Å². The van der Waals surface area contributed by atoms with Gasteiger partial charge in [-0.25, -0.2) is 0 Å². The highest BCUT2D eigenvalue weighted by Crippen LogP contribution is 2.37. The Labute approximate surface area is 93.1 Å². The van der Waals surface area contributed by atoms with Gasteiger partial charge < -0.3 is 5.11 Å². The zero-order chi connectivity index (χ0) is 11.6. The minimum atomic E-state index is -0.297. The molecule has 2 unspecified atom stereocenters. The highest BCUT2D eigenvalue weighted by Gasteiger charge is 2.31. The van der Waals surface area contributed by atoms with E-state index >= 15 is 0 Å². The quantitative estimate of drug-likeness (QED) is 0.802. The first-order chi connectivity index (χ1) is 6.85. The van der Waals surface area contributed by atoms with E-state index in [-0.39, 0.29) is 11.5 Å². The predicted octanol–water partition coefficient (Wildman–Crippen LogP) is 3.51. The molecule has 0 aliphatic carbocycles. The van der Waals surface area contributed by atoms with Crippen LogP contribution in [0.2, 0.25) is 0 Å². The Morgan fingerprint density at radius 1 is 1.07 bits per heavy atom. The summed E-state index contributed by atoms with van der Waals surface area (Å²) < 4.78 is 0. The molecule has 1 aromatic rings. The molecule has 15 heavy (non-hydrogen) atoms. The van der Waals surface area contributed by atoms with Gasteiger partial charge in [0.1, 0.15) is 0 Å². The molecule has 1 nitrogen and oxygen atoms in total. The van der Waals surface area contributed by atoms with Gasteiger partial charge in [0.05, 0.1) is 6.10 Å². The molecule has 0 amide bonds. The molecule has 1 rings (SSSR count). The van der Waals surface area contributed by atoms with Gasteiger partial charge in [0.15, 0.2) is 0 Å². The molecule has 1 N–H and O–H groups in total. The van der Waals surface area contributed by atoms with Crippen LogP contribution >= 0.6 is 0 Å². The normalized spacial score (nSPS) is 16.1. The highest BCUT2D eigenvalue weighted by atomic mass is 16.3. The van der Waals surface area contributed by atoms with Gasteiger partial charge in [-0.1, -0.05) is 50.6 Å². The molecule has 0 radical (unpaired) electrons. The van der Waals surface area contributed by atoms with Crippen LogP contribution < -0.4 is 0 Å². The lowest BCUT2D eigenvalue weighted by molar-refractivity contribution is 0.0490. The minimum Gasteiger partial charge on any atom is -0.393 e. The van der Waals surface area contributed by atoms with Gasteiger partial charge in [0.2, 0.25) is 0 Å². The summed E-state index contributed by atoms with van der Waals surface area (Å²) in [6, 6.07) is 8.57. The first kappa shape index (κ1) is 12.3. The van der Waals surface area contributed by atoms with Gasteiger partial charge in [-0.05, 0) is 30.7 Å². The highest BCUT2D eigenvalue weighted by molar-refractivity contribution is 5.25. The predicted molar refractivity (Wildman–Crippen MR) is 65.1 cm³/mol. The van der Waals surface area contributed by atoms with Crippen LogP contribution in [0.1, 0.15) is 44.7 Å². The molecule has 0 aliphatic heterocycles. The fourth-order valence-corrected chi connectivity index (χ4v) is 1.65. The Hall–Kier alpha value is -0.820. The van der Waals surface area contributed by atoms with Gasteiger partial charge in [0, 0.05) is 0 Å². The minimum absolute atomic E-state index is 0.0880. The average Bonchev–Trinajstić information content (AvgIpc) is 2.17. The molecule has 0 bridgehead atoms. The van der Waals surface area contributed by atoms with E-state index in [1.807, 2.05) is 6.92 Å². The number of aryl methyl sites for hydroxylation is 1. The van der Waals surface area contributed by atoms with E-state index in [2.05, 4.69) is 52.0 Å². The average molecular weight is 206 g/mol. The fraction of sp³-hybridized carbons (Fsp3) is 0.571. The van der Waals surface area contributed by atoms with E-state index in [0.29, 0.717) is 5.92 Å². The van der Waals surface area contributed by atoms with Crippen LogP contribution in [0, 0.1) is 12.3 Å². The molecule has 84 valence electrons. The summed E-state index contributed by atoms with van der Waals surface area (Å²) in [6.07, 6.45) is -0.297. The fourth-order valence-electron chi connectivity index (χ4n) is 1.65. The van der Waals surface area contributed by atoms with E-state index in [4.69, 9.17) is 0 Å². The summed E-state index contributed by atoms with van der Waals surface area (Å²) >= 11 is 0. The van der Waals surface area contributed by atoms with Crippen LogP contribution in [0.3, 0.4) is 0 Å². The van der Waals surface area contributed by atoms with E-state index in [1.165, 1.54) is 11.1 Å². The number of rotatable bonds is 3. The molecule has 0 aromatic heterocycles. The maximum absolute atomic E-state index is 9.77. The number of aliphatic hydroxyl groups excluding tert-OH is 1. The third-order valence-electron chi connectivity index (χ3n) is 3.77. The summed E-state index contributed by atoms with van der Waals surface area (Å²) in [5.74, 6) is 0.359. The van der Waals surface area contributed by atoms with Crippen LogP contribution in [0.4, 0.5) is 0 Å². The van der Waals surface area contributed by atoms with Gasteiger partial charge in [-0.3, -0.25) is 0 Å². The zero-order valence-electron chi connectivity index (χ0n) is 10.4. The van der Waals surface area contributed by atoms with E-state index < -0.39 is 0 Å². The molecule has 2 atom stereocenters. The maximum atomic E-state index is 9.77. The van der Waals surface area contributed by atoms with Crippen molar-refractivity contribution in [1.82, 2.24) is 0 Å². The largest absolute Gasteiger partial charge is 0.393 e. The lowest BCUT2D eigenvalue weighted by atomic mass is 9.72. The molecule has 0 heterocycles. The Morgan fingerprint density at radius 2 is 1.53 bits per heavy atom. The molecule has 0 saturated carbocycles. The van der Waals surface area contributed by atoms with Crippen molar-refractivity contribution < 1.29 is 5.11 Å². The second-order valence-electron chi connectivity index (χ2n) is 5.13.